The number of halogens is 1. The van der Waals surface area contributed by atoms with Crippen LogP contribution < -0.4 is 5.32 Å². The minimum absolute atomic E-state index is 0.0895. The van der Waals surface area contributed by atoms with Crippen LogP contribution in [0, 0.1) is 11.3 Å². The summed E-state index contributed by atoms with van der Waals surface area (Å²) in [4.78, 5) is 12.5. The lowest BCUT2D eigenvalue weighted by Gasteiger charge is -2.07. The van der Waals surface area contributed by atoms with Crippen LogP contribution in [-0.4, -0.2) is 14.3 Å². The third kappa shape index (κ3) is 3.55. The smallest absolute Gasteiger partial charge is 0.266 e. The molecule has 0 unspecified atom stereocenters. The third-order valence-electron chi connectivity index (χ3n) is 3.57. The summed E-state index contributed by atoms with van der Waals surface area (Å²) in [6.45, 7) is 0. The number of carbonyl (C=O) groups excluding carboxylic acids is 1. The number of hydrogen-bond acceptors (Lipinski definition) is 4. The largest absolute Gasteiger partial charge is 0.321 e. The molecule has 0 bridgehead atoms. The Labute approximate surface area is 153 Å². The van der Waals surface area contributed by atoms with Crippen LogP contribution in [0.15, 0.2) is 62.8 Å². The summed E-state index contributed by atoms with van der Waals surface area (Å²) >= 11 is 3.36. The number of fused-ring (bicyclic) bond motifs is 1. The number of sulfone groups is 1. The van der Waals surface area contributed by atoms with Crippen molar-refractivity contribution in [3.8, 4) is 6.07 Å². The van der Waals surface area contributed by atoms with E-state index in [9.17, 15) is 18.5 Å². The van der Waals surface area contributed by atoms with Gasteiger partial charge in [-0.15, -0.1) is 0 Å². The Morgan fingerprint density at radius 3 is 2.68 bits per heavy atom. The van der Waals surface area contributed by atoms with Crippen LogP contribution >= 0.6 is 15.9 Å². The standard InChI is InChI=1S/C18H11BrN2O3S/c19-16-4-2-1-3-13(16)9-14(11-20)18(22)21-15-6-5-12-7-8-25(23,24)17(12)10-15/h1-10H,(H,21,22)/b14-9+. The van der Waals surface area contributed by atoms with Gasteiger partial charge in [0.2, 0.25) is 9.84 Å². The van der Waals surface area contributed by atoms with Crippen molar-refractivity contribution in [3.05, 3.63) is 69.0 Å². The molecule has 2 aromatic carbocycles. The fraction of sp³-hybridized carbons (Fsp3) is 0. The van der Waals surface area contributed by atoms with Gasteiger partial charge in [-0.3, -0.25) is 4.79 Å². The van der Waals surface area contributed by atoms with Crippen LogP contribution in [-0.2, 0) is 14.6 Å². The molecular weight excluding hydrogens is 404 g/mol. The quantitative estimate of drug-likeness (QED) is 0.611. The van der Waals surface area contributed by atoms with Crippen LogP contribution in [0.25, 0.3) is 12.2 Å². The highest BCUT2D eigenvalue weighted by atomic mass is 79.9. The molecule has 0 saturated heterocycles. The topological polar surface area (TPSA) is 87.0 Å². The Morgan fingerprint density at radius 2 is 1.96 bits per heavy atom. The summed E-state index contributed by atoms with van der Waals surface area (Å²) in [5, 5.41) is 12.9. The molecule has 0 atom stereocenters. The van der Waals surface area contributed by atoms with Gasteiger partial charge in [-0.2, -0.15) is 5.26 Å². The van der Waals surface area contributed by atoms with Gasteiger partial charge in [0, 0.05) is 15.6 Å². The second-order valence-corrected chi connectivity index (χ2v) is 7.90. The molecule has 0 saturated carbocycles. The van der Waals surface area contributed by atoms with Crippen LogP contribution in [0.1, 0.15) is 11.1 Å². The van der Waals surface area contributed by atoms with E-state index in [0.29, 0.717) is 16.8 Å². The molecule has 0 aliphatic carbocycles. The SMILES string of the molecule is N#C/C(=C\c1ccccc1Br)C(=O)Nc1ccc2c(c1)S(=O)(=O)C=C2. The molecule has 1 heterocycles. The van der Waals surface area contributed by atoms with Gasteiger partial charge in [-0.1, -0.05) is 40.2 Å². The van der Waals surface area contributed by atoms with Gasteiger partial charge in [-0.25, -0.2) is 8.42 Å². The number of hydrogen-bond donors (Lipinski definition) is 1. The molecule has 7 heteroatoms. The summed E-state index contributed by atoms with van der Waals surface area (Å²) in [5.74, 6) is -0.610. The highest BCUT2D eigenvalue weighted by Crippen LogP contribution is 2.29. The zero-order valence-corrected chi connectivity index (χ0v) is 15.1. The van der Waals surface area contributed by atoms with E-state index in [2.05, 4.69) is 21.2 Å². The van der Waals surface area contributed by atoms with Crippen LogP contribution in [0.2, 0.25) is 0 Å². The van der Waals surface area contributed by atoms with E-state index in [4.69, 9.17) is 0 Å². The zero-order valence-electron chi connectivity index (χ0n) is 12.7. The van der Waals surface area contributed by atoms with E-state index in [1.54, 1.807) is 30.3 Å². The number of rotatable bonds is 3. The average Bonchev–Trinajstić information content (AvgIpc) is 2.89. The maximum atomic E-state index is 12.3. The van der Waals surface area contributed by atoms with E-state index in [1.165, 1.54) is 18.2 Å². The number of carbonyl (C=O) groups is 1. The Bertz CT molecular complexity index is 1080. The van der Waals surface area contributed by atoms with E-state index < -0.39 is 15.7 Å². The molecule has 0 radical (unpaired) electrons. The molecule has 1 N–H and O–H groups in total. The first kappa shape index (κ1) is 17.1. The van der Waals surface area contributed by atoms with Gasteiger partial charge in [0.05, 0.1) is 4.90 Å². The van der Waals surface area contributed by atoms with Crippen molar-refractivity contribution >= 4 is 49.5 Å². The van der Waals surface area contributed by atoms with E-state index in [0.717, 1.165) is 9.88 Å². The van der Waals surface area contributed by atoms with Crippen LogP contribution in [0.5, 0.6) is 0 Å². The predicted octanol–water partition coefficient (Wildman–Crippen LogP) is 3.75. The van der Waals surface area contributed by atoms with Gasteiger partial charge in [-0.05, 0) is 41.5 Å². The number of nitriles is 1. The first-order valence-corrected chi connectivity index (χ1v) is 9.49. The molecule has 0 fully saturated rings. The molecule has 0 spiro atoms. The number of amides is 1. The van der Waals surface area contributed by atoms with E-state index in [-0.39, 0.29) is 10.5 Å². The second-order valence-electron chi connectivity index (χ2n) is 5.25. The maximum absolute atomic E-state index is 12.3. The summed E-state index contributed by atoms with van der Waals surface area (Å²) in [6, 6.07) is 13.6. The van der Waals surface area contributed by atoms with E-state index >= 15 is 0 Å². The Morgan fingerprint density at radius 1 is 1.20 bits per heavy atom. The molecule has 1 aliphatic heterocycles. The number of nitrogens with zero attached hydrogens (tertiary/aromatic N) is 1. The third-order valence-corrected chi connectivity index (χ3v) is 5.76. The molecule has 2 aromatic rings. The maximum Gasteiger partial charge on any atom is 0.266 e. The highest BCUT2D eigenvalue weighted by molar-refractivity contribution is 9.10. The average molecular weight is 415 g/mol. The van der Waals surface area contributed by atoms with Crippen molar-refractivity contribution in [3.63, 3.8) is 0 Å². The van der Waals surface area contributed by atoms with Crippen molar-refractivity contribution in [2.45, 2.75) is 4.90 Å². The van der Waals surface area contributed by atoms with Crippen molar-refractivity contribution in [2.75, 3.05) is 5.32 Å². The Balaban J connectivity index is 1.88. The second kappa shape index (κ2) is 6.67. The zero-order chi connectivity index (χ0) is 18.0. The van der Waals surface area contributed by atoms with Gasteiger partial charge >= 0.3 is 0 Å². The summed E-state index contributed by atoms with van der Waals surface area (Å²) in [6.07, 6.45) is 2.97. The van der Waals surface area contributed by atoms with E-state index in [1.807, 2.05) is 12.1 Å². The monoisotopic (exact) mass is 414 g/mol. The molecule has 1 aliphatic rings. The fourth-order valence-electron chi connectivity index (χ4n) is 2.33. The molecule has 25 heavy (non-hydrogen) atoms. The van der Waals surface area contributed by atoms with Crippen molar-refractivity contribution < 1.29 is 13.2 Å². The number of benzene rings is 2. The molecule has 0 aromatic heterocycles. The first-order chi connectivity index (χ1) is 11.9. The lowest BCUT2D eigenvalue weighted by molar-refractivity contribution is -0.112. The summed E-state index contributed by atoms with van der Waals surface area (Å²) < 4.78 is 24.5. The molecule has 124 valence electrons. The predicted molar refractivity (Wildman–Crippen MR) is 99.0 cm³/mol. The Kier molecular flexibility index (Phi) is 4.57. The minimum atomic E-state index is -3.46. The summed E-state index contributed by atoms with van der Waals surface area (Å²) in [7, 11) is -3.46. The van der Waals surface area contributed by atoms with Crippen LogP contribution in [0.3, 0.4) is 0 Å². The van der Waals surface area contributed by atoms with Gasteiger partial charge in [0.25, 0.3) is 5.91 Å². The highest BCUT2D eigenvalue weighted by Gasteiger charge is 2.21. The van der Waals surface area contributed by atoms with Gasteiger partial charge in [0.1, 0.15) is 11.6 Å². The minimum Gasteiger partial charge on any atom is -0.321 e. The fourth-order valence-corrected chi connectivity index (χ4v) is 3.95. The molecular formula is C18H11BrN2O3S. The number of anilines is 1. The normalized spacial score (nSPS) is 14.6. The molecule has 5 nitrogen and oxygen atoms in total. The summed E-state index contributed by atoms with van der Waals surface area (Å²) in [5.41, 5.74) is 1.48. The van der Waals surface area contributed by atoms with Crippen molar-refractivity contribution in [1.29, 1.82) is 5.26 Å². The van der Waals surface area contributed by atoms with Crippen LogP contribution in [0.4, 0.5) is 5.69 Å². The van der Waals surface area contributed by atoms with Crippen molar-refractivity contribution in [2.24, 2.45) is 0 Å². The lowest BCUT2D eigenvalue weighted by atomic mass is 10.1. The first-order valence-electron chi connectivity index (χ1n) is 7.15. The van der Waals surface area contributed by atoms with Crippen molar-refractivity contribution in [1.82, 2.24) is 0 Å². The molecule has 1 amide bonds. The Hall–Kier alpha value is -2.69. The van der Waals surface area contributed by atoms with Gasteiger partial charge < -0.3 is 5.32 Å². The lowest BCUT2D eigenvalue weighted by Crippen LogP contribution is -2.13. The number of nitrogens with one attached hydrogen (secondary N) is 1. The molecule has 3 rings (SSSR count). The van der Waals surface area contributed by atoms with Gasteiger partial charge in [0.15, 0.2) is 0 Å².